The van der Waals surface area contributed by atoms with Crippen molar-refractivity contribution in [1.29, 1.82) is 0 Å². The number of hydrogen-bond donors (Lipinski definition) is 1. The van der Waals surface area contributed by atoms with Gasteiger partial charge in [-0.25, -0.2) is 0 Å². The van der Waals surface area contributed by atoms with E-state index in [0.29, 0.717) is 0 Å². The molecule has 2 heteroatoms. The third-order valence-corrected chi connectivity index (χ3v) is 5.65. The Balaban J connectivity index is 2.10. The summed E-state index contributed by atoms with van der Waals surface area (Å²) in [6, 6.07) is 2.38. The fourth-order valence-electron chi connectivity index (χ4n) is 4.41. The molecule has 1 aliphatic carbocycles. The van der Waals surface area contributed by atoms with Gasteiger partial charge in [-0.05, 0) is 57.4 Å². The highest BCUT2D eigenvalue weighted by Crippen LogP contribution is 2.39. The molecule has 2 rings (SSSR count). The van der Waals surface area contributed by atoms with Crippen molar-refractivity contribution in [2.45, 2.75) is 83.8 Å². The smallest absolute Gasteiger partial charge is 0.0144 e. The Morgan fingerprint density at radius 3 is 2.44 bits per heavy atom. The highest BCUT2D eigenvalue weighted by atomic mass is 15.2. The summed E-state index contributed by atoms with van der Waals surface area (Å²) in [5.41, 5.74) is 6.05. The Kier molecular flexibility index (Phi) is 5.08. The van der Waals surface area contributed by atoms with Gasteiger partial charge in [0.05, 0.1) is 0 Å². The molecule has 0 radical (unpaired) electrons. The van der Waals surface area contributed by atoms with E-state index in [1.165, 1.54) is 44.9 Å². The Labute approximate surface area is 113 Å². The molecule has 0 bridgehead atoms. The van der Waals surface area contributed by atoms with E-state index in [2.05, 4.69) is 25.7 Å². The lowest BCUT2D eigenvalue weighted by atomic mass is 9.76. The van der Waals surface area contributed by atoms with E-state index in [0.717, 1.165) is 36.5 Å². The predicted molar refractivity (Wildman–Crippen MR) is 78.6 cm³/mol. The molecule has 0 spiro atoms. The minimum Gasteiger partial charge on any atom is -0.330 e. The van der Waals surface area contributed by atoms with E-state index in [1.807, 2.05) is 0 Å². The Morgan fingerprint density at radius 2 is 1.83 bits per heavy atom. The Bertz CT molecular complexity index is 253. The fourth-order valence-corrected chi connectivity index (χ4v) is 4.41. The van der Waals surface area contributed by atoms with Gasteiger partial charge in [0.1, 0.15) is 0 Å². The van der Waals surface area contributed by atoms with Crippen molar-refractivity contribution in [2.24, 2.45) is 17.6 Å². The number of rotatable bonds is 4. The molecule has 0 aromatic carbocycles. The van der Waals surface area contributed by atoms with Gasteiger partial charge < -0.3 is 5.73 Å². The van der Waals surface area contributed by atoms with Gasteiger partial charge in [-0.3, -0.25) is 4.90 Å². The van der Waals surface area contributed by atoms with E-state index in [9.17, 15) is 0 Å². The van der Waals surface area contributed by atoms with E-state index in [1.54, 1.807) is 0 Å². The molecule has 1 saturated carbocycles. The molecule has 0 aromatic heterocycles. The third-order valence-electron chi connectivity index (χ3n) is 5.65. The van der Waals surface area contributed by atoms with Crippen LogP contribution in [0.15, 0.2) is 0 Å². The average Bonchev–Trinajstić information content (AvgIpc) is 2.78. The van der Waals surface area contributed by atoms with E-state index in [-0.39, 0.29) is 0 Å². The third kappa shape index (κ3) is 2.75. The molecular weight excluding hydrogens is 220 g/mol. The molecule has 1 aliphatic heterocycles. The summed E-state index contributed by atoms with van der Waals surface area (Å²) in [5, 5.41) is 0. The predicted octanol–water partition coefficient (Wildman–Crippen LogP) is 3.40. The molecule has 0 amide bonds. The van der Waals surface area contributed by atoms with E-state index in [4.69, 9.17) is 5.73 Å². The van der Waals surface area contributed by atoms with Gasteiger partial charge >= 0.3 is 0 Å². The molecule has 1 saturated heterocycles. The summed E-state index contributed by atoms with van der Waals surface area (Å²) in [5.74, 6) is 1.70. The maximum absolute atomic E-state index is 6.05. The lowest BCUT2D eigenvalue weighted by Crippen LogP contribution is -2.51. The first-order valence-electron chi connectivity index (χ1n) is 8.18. The minimum atomic E-state index is 0.752. The van der Waals surface area contributed by atoms with Crippen LogP contribution in [0.2, 0.25) is 0 Å². The molecule has 1 heterocycles. The van der Waals surface area contributed by atoms with Crippen molar-refractivity contribution in [3.63, 3.8) is 0 Å². The van der Waals surface area contributed by atoms with Crippen LogP contribution in [0.5, 0.6) is 0 Å². The van der Waals surface area contributed by atoms with Crippen molar-refractivity contribution in [1.82, 2.24) is 4.90 Å². The second kappa shape index (κ2) is 6.38. The first kappa shape index (κ1) is 14.3. The second-order valence-corrected chi connectivity index (χ2v) is 6.59. The number of nitrogens with two attached hydrogens (primary N) is 1. The van der Waals surface area contributed by atoms with Gasteiger partial charge in [0.25, 0.3) is 0 Å². The number of likely N-dealkylation sites (tertiary alicyclic amines) is 1. The maximum atomic E-state index is 6.05. The van der Waals surface area contributed by atoms with Gasteiger partial charge in [0.2, 0.25) is 0 Å². The first-order chi connectivity index (χ1) is 8.71. The van der Waals surface area contributed by atoms with Gasteiger partial charge in [-0.2, -0.15) is 0 Å². The van der Waals surface area contributed by atoms with Gasteiger partial charge in [0.15, 0.2) is 0 Å². The Morgan fingerprint density at radius 1 is 1.06 bits per heavy atom. The first-order valence-corrected chi connectivity index (χ1v) is 8.18. The van der Waals surface area contributed by atoms with Crippen LogP contribution in [0.25, 0.3) is 0 Å². The summed E-state index contributed by atoms with van der Waals surface area (Å²) in [6.07, 6.45) is 9.64. The van der Waals surface area contributed by atoms with Crippen LogP contribution in [0.1, 0.15) is 65.7 Å². The lowest BCUT2D eigenvalue weighted by Gasteiger charge is -2.45. The highest BCUT2D eigenvalue weighted by Gasteiger charge is 2.40. The van der Waals surface area contributed by atoms with Crippen LogP contribution in [0.3, 0.4) is 0 Å². The SMILES string of the molecule is CCC1CCC(CN)C(N2C(C)CCC2CC)C1. The molecular formula is C16H32N2. The minimum absolute atomic E-state index is 0.752. The summed E-state index contributed by atoms with van der Waals surface area (Å²) < 4.78 is 0. The summed E-state index contributed by atoms with van der Waals surface area (Å²) in [4.78, 5) is 2.86. The van der Waals surface area contributed by atoms with Gasteiger partial charge in [0, 0.05) is 18.1 Å². The molecule has 2 nitrogen and oxygen atoms in total. The van der Waals surface area contributed by atoms with Crippen molar-refractivity contribution in [3.05, 3.63) is 0 Å². The van der Waals surface area contributed by atoms with E-state index >= 15 is 0 Å². The number of nitrogens with zero attached hydrogens (tertiary/aromatic N) is 1. The van der Waals surface area contributed by atoms with Crippen LogP contribution in [0, 0.1) is 11.8 Å². The zero-order chi connectivity index (χ0) is 13.1. The van der Waals surface area contributed by atoms with Crippen LogP contribution >= 0.6 is 0 Å². The number of hydrogen-bond acceptors (Lipinski definition) is 2. The zero-order valence-corrected chi connectivity index (χ0v) is 12.6. The van der Waals surface area contributed by atoms with Gasteiger partial charge in [-0.15, -0.1) is 0 Å². The summed E-state index contributed by atoms with van der Waals surface area (Å²) in [7, 11) is 0. The van der Waals surface area contributed by atoms with E-state index < -0.39 is 0 Å². The molecule has 106 valence electrons. The fraction of sp³-hybridized carbons (Fsp3) is 1.00. The zero-order valence-electron chi connectivity index (χ0n) is 12.6. The Hall–Kier alpha value is -0.0800. The van der Waals surface area contributed by atoms with Crippen LogP contribution in [-0.2, 0) is 0 Å². The van der Waals surface area contributed by atoms with Crippen LogP contribution in [-0.4, -0.2) is 29.6 Å². The molecule has 5 atom stereocenters. The average molecular weight is 252 g/mol. The molecule has 2 N–H and O–H groups in total. The van der Waals surface area contributed by atoms with Crippen molar-refractivity contribution < 1.29 is 0 Å². The molecule has 18 heavy (non-hydrogen) atoms. The normalized spacial score (nSPS) is 42.3. The quantitative estimate of drug-likeness (QED) is 0.831. The standard InChI is InChI=1S/C16H32N2/c1-4-13-7-8-14(11-17)16(10-13)18-12(3)6-9-15(18)5-2/h12-16H,4-11,17H2,1-3H3. The topological polar surface area (TPSA) is 29.3 Å². The second-order valence-electron chi connectivity index (χ2n) is 6.59. The maximum Gasteiger partial charge on any atom is 0.0144 e. The lowest BCUT2D eigenvalue weighted by molar-refractivity contribution is 0.0445. The molecule has 2 fully saturated rings. The highest BCUT2D eigenvalue weighted by molar-refractivity contribution is 4.95. The van der Waals surface area contributed by atoms with Crippen molar-refractivity contribution in [2.75, 3.05) is 6.54 Å². The van der Waals surface area contributed by atoms with Crippen LogP contribution < -0.4 is 5.73 Å². The summed E-state index contributed by atoms with van der Waals surface area (Å²) >= 11 is 0. The molecule has 2 aliphatic rings. The van der Waals surface area contributed by atoms with Crippen molar-refractivity contribution in [3.8, 4) is 0 Å². The monoisotopic (exact) mass is 252 g/mol. The van der Waals surface area contributed by atoms with Crippen LogP contribution in [0.4, 0.5) is 0 Å². The molecule has 0 aromatic rings. The molecule has 5 unspecified atom stereocenters. The summed E-state index contributed by atoms with van der Waals surface area (Å²) in [6.45, 7) is 8.03. The largest absolute Gasteiger partial charge is 0.330 e. The van der Waals surface area contributed by atoms with Gasteiger partial charge in [-0.1, -0.05) is 26.7 Å². The van der Waals surface area contributed by atoms with Crippen molar-refractivity contribution >= 4 is 0 Å².